The molecule has 2 fully saturated rings. The van der Waals surface area contributed by atoms with Crippen molar-refractivity contribution < 1.29 is 14.3 Å². The number of ether oxygens (including phenoxy) is 1. The van der Waals surface area contributed by atoms with E-state index in [1.165, 1.54) is 0 Å². The van der Waals surface area contributed by atoms with Crippen molar-refractivity contribution in [3.05, 3.63) is 23.8 Å². The minimum absolute atomic E-state index is 0. The number of amides is 2. The Morgan fingerprint density at radius 3 is 2.85 bits per heavy atom. The van der Waals surface area contributed by atoms with Gasteiger partial charge < -0.3 is 20.3 Å². The van der Waals surface area contributed by atoms with Gasteiger partial charge in [0.1, 0.15) is 5.75 Å². The summed E-state index contributed by atoms with van der Waals surface area (Å²) in [5.74, 6) is 0.721. The summed E-state index contributed by atoms with van der Waals surface area (Å²) in [5, 5.41) is 6.49. The van der Waals surface area contributed by atoms with Crippen molar-refractivity contribution >= 4 is 29.9 Å². The maximum Gasteiger partial charge on any atom is 0.227 e. The molecule has 0 aromatic heterocycles. The number of nitrogens with one attached hydrogen (secondary N) is 2. The number of methoxy groups -OCH3 is 1. The van der Waals surface area contributed by atoms with Crippen LogP contribution in [-0.4, -0.2) is 44.6 Å². The molecule has 0 spiro atoms. The van der Waals surface area contributed by atoms with Gasteiger partial charge in [-0.05, 0) is 50.0 Å². The largest absolute Gasteiger partial charge is 0.495 e. The van der Waals surface area contributed by atoms with Crippen molar-refractivity contribution in [3.8, 4) is 5.75 Å². The summed E-state index contributed by atoms with van der Waals surface area (Å²) in [6.07, 6.45) is 1.19. The quantitative estimate of drug-likeness (QED) is 0.835. The molecule has 2 heterocycles. The molecule has 6 nitrogen and oxygen atoms in total. The Kier molecular flexibility index (Phi) is 6.89. The molecule has 2 aliphatic rings. The van der Waals surface area contributed by atoms with Gasteiger partial charge in [0.05, 0.1) is 18.7 Å². The van der Waals surface area contributed by atoms with E-state index in [-0.39, 0.29) is 42.6 Å². The van der Waals surface area contributed by atoms with Crippen LogP contribution in [0.5, 0.6) is 5.75 Å². The average molecular weight is 382 g/mol. The van der Waals surface area contributed by atoms with Crippen molar-refractivity contribution in [2.75, 3.05) is 31.6 Å². The molecular formula is C19H28ClN3O3. The molecule has 26 heavy (non-hydrogen) atoms. The lowest BCUT2D eigenvalue weighted by molar-refractivity contribution is -0.127. The van der Waals surface area contributed by atoms with Crippen LogP contribution in [0.25, 0.3) is 0 Å². The van der Waals surface area contributed by atoms with E-state index in [0.29, 0.717) is 18.2 Å². The van der Waals surface area contributed by atoms with Crippen LogP contribution in [0.1, 0.15) is 25.3 Å². The first-order valence-corrected chi connectivity index (χ1v) is 8.95. The number of rotatable bonds is 4. The monoisotopic (exact) mass is 381 g/mol. The van der Waals surface area contributed by atoms with Gasteiger partial charge >= 0.3 is 0 Å². The Hall–Kier alpha value is -1.79. The van der Waals surface area contributed by atoms with Gasteiger partial charge in [-0.2, -0.15) is 0 Å². The molecule has 1 aromatic rings. The first-order valence-electron chi connectivity index (χ1n) is 8.95. The summed E-state index contributed by atoms with van der Waals surface area (Å²) in [6, 6.07) is 5.94. The Labute approximate surface area is 161 Å². The summed E-state index contributed by atoms with van der Waals surface area (Å²) in [4.78, 5) is 26.8. The summed E-state index contributed by atoms with van der Waals surface area (Å²) >= 11 is 0. The Morgan fingerprint density at radius 2 is 2.15 bits per heavy atom. The highest BCUT2D eigenvalue weighted by Crippen LogP contribution is 2.34. The molecule has 144 valence electrons. The molecule has 0 aliphatic carbocycles. The highest BCUT2D eigenvalue weighted by atomic mass is 35.5. The molecule has 3 atom stereocenters. The molecule has 2 aliphatic heterocycles. The normalized spacial score (nSPS) is 25.6. The number of carbonyl (C=O) groups is 2. The summed E-state index contributed by atoms with van der Waals surface area (Å²) in [5.41, 5.74) is 1.80. The van der Waals surface area contributed by atoms with Gasteiger partial charge in [0.15, 0.2) is 0 Å². The van der Waals surface area contributed by atoms with Gasteiger partial charge in [-0.25, -0.2) is 0 Å². The van der Waals surface area contributed by atoms with E-state index in [4.69, 9.17) is 4.74 Å². The number of nitrogens with zero attached hydrogens (tertiary/aromatic N) is 1. The molecular weight excluding hydrogens is 354 g/mol. The molecule has 2 amide bonds. The predicted molar refractivity (Wildman–Crippen MR) is 104 cm³/mol. The van der Waals surface area contributed by atoms with Crippen LogP contribution in [0.3, 0.4) is 0 Å². The first kappa shape index (κ1) is 20.5. The maximum absolute atomic E-state index is 12.7. The van der Waals surface area contributed by atoms with Crippen LogP contribution in [0.2, 0.25) is 0 Å². The van der Waals surface area contributed by atoms with Crippen LogP contribution < -0.4 is 20.3 Å². The zero-order valence-electron chi connectivity index (χ0n) is 15.6. The molecule has 0 bridgehead atoms. The summed E-state index contributed by atoms with van der Waals surface area (Å²) < 4.78 is 5.39. The third-order valence-electron chi connectivity index (χ3n) is 5.23. The molecule has 0 saturated carbocycles. The number of carbonyl (C=O) groups excluding carboxylic acids is 2. The van der Waals surface area contributed by atoms with Gasteiger partial charge in [-0.1, -0.05) is 13.0 Å². The van der Waals surface area contributed by atoms with Crippen molar-refractivity contribution in [2.45, 2.75) is 32.7 Å². The Morgan fingerprint density at radius 1 is 1.38 bits per heavy atom. The fraction of sp³-hybridized carbons (Fsp3) is 0.579. The smallest absolute Gasteiger partial charge is 0.227 e. The standard InChI is InChI=1S/C19H27N3O3.ClH/c1-12-4-5-17(25-3)16(8-12)22-11-14(9-18(22)23)19(24)21-15-6-7-20-10-13(15)2;/h4-5,8,13-15,20H,6-7,9-11H2,1-3H3,(H,21,24);1H. The van der Waals surface area contributed by atoms with Crippen LogP contribution in [0.4, 0.5) is 5.69 Å². The number of hydrogen-bond acceptors (Lipinski definition) is 4. The highest BCUT2D eigenvalue weighted by molar-refractivity contribution is 6.01. The molecule has 1 aromatic carbocycles. The number of aryl methyl sites for hydroxylation is 1. The van der Waals surface area contributed by atoms with Crippen molar-refractivity contribution in [1.29, 1.82) is 0 Å². The number of piperidine rings is 1. The average Bonchev–Trinajstić information content (AvgIpc) is 2.98. The second-order valence-electron chi connectivity index (χ2n) is 7.17. The lowest BCUT2D eigenvalue weighted by Gasteiger charge is -2.31. The summed E-state index contributed by atoms with van der Waals surface area (Å²) in [6.45, 7) is 6.36. The van der Waals surface area contributed by atoms with E-state index in [2.05, 4.69) is 17.6 Å². The van der Waals surface area contributed by atoms with E-state index >= 15 is 0 Å². The Bertz CT molecular complexity index is 667. The van der Waals surface area contributed by atoms with E-state index in [1.807, 2.05) is 25.1 Å². The van der Waals surface area contributed by atoms with Gasteiger partial charge in [0.2, 0.25) is 11.8 Å². The number of hydrogen-bond donors (Lipinski definition) is 2. The minimum Gasteiger partial charge on any atom is -0.495 e. The van der Waals surface area contributed by atoms with Crippen LogP contribution >= 0.6 is 12.4 Å². The fourth-order valence-electron chi connectivity index (χ4n) is 3.66. The van der Waals surface area contributed by atoms with Crippen LogP contribution in [0.15, 0.2) is 18.2 Å². The molecule has 2 saturated heterocycles. The molecule has 3 rings (SSSR count). The van der Waals surface area contributed by atoms with E-state index < -0.39 is 0 Å². The fourth-order valence-corrected chi connectivity index (χ4v) is 3.66. The topological polar surface area (TPSA) is 70.7 Å². The third kappa shape index (κ3) is 4.30. The molecule has 0 radical (unpaired) electrons. The number of anilines is 1. The van der Waals surface area contributed by atoms with Crippen molar-refractivity contribution in [3.63, 3.8) is 0 Å². The van der Waals surface area contributed by atoms with Crippen molar-refractivity contribution in [1.82, 2.24) is 10.6 Å². The minimum atomic E-state index is -0.306. The number of benzene rings is 1. The molecule has 2 N–H and O–H groups in total. The lowest BCUT2D eigenvalue weighted by Crippen LogP contribution is -2.50. The van der Waals surface area contributed by atoms with Gasteiger partial charge in [-0.3, -0.25) is 9.59 Å². The van der Waals surface area contributed by atoms with Crippen LogP contribution in [0, 0.1) is 18.8 Å². The maximum atomic E-state index is 12.7. The molecule has 7 heteroatoms. The summed E-state index contributed by atoms with van der Waals surface area (Å²) in [7, 11) is 1.59. The van der Waals surface area contributed by atoms with E-state index in [1.54, 1.807) is 12.0 Å². The van der Waals surface area contributed by atoms with Crippen molar-refractivity contribution in [2.24, 2.45) is 11.8 Å². The zero-order valence-corrected chi connectivity index (χ0v) is 16.4. The van der Waals surface area contributed by atoms with Crippen LogP contribution in [-0.2, 0) is 9.59 Å². The van der Waals surface area contributed by atoms with E-state index in [0.717, 1.165) is 30.8 Å². The van der Waals surface area contributed by atoms with Gasteiger partial charge in [0.25, 0.3) is 0 Å². The highest BCUT2D eigenvalue weighted by Gasteiger charge is 2.37. The van der Waals surface area contributed by atoms with Gasteiger partial charge in [-0.15, -0.1) is 12.4 Å². The second kappa shape index (κ2) is 8.73. The molecule has 3 unspecified atom stereocenters. The predicted octanol–water partition coefficient (Wildman–Crippen LogP) is 1.89. The lowest BCUT2D eigenvalue weighted by atomic mass is 9.94. The van der Waals surface area contributed by atoms with E-state index in [9.17, 15) is 9.59 Å². The zero-order chi connectivity index (χ0) is 18.0. The number of halogens is 1. The third-order valence-corrected chi connectivity index (χ3v) is 5.23. The Balaban J connectivity index is 0.00000243. The SMILES string of the molecule is COc1ccc(C)cc1N1CC(C(=O)NC2CCNCC2C)CC1=O.Cl. The van der Waals surface area contributed by atoms with Gasteiger partial charge in [0, 0.05) is 19.0 Å². The second-order valence-corrected chi connectivity index (χ2v) is 7.17. The first-order chi connectivity index (χ1) is 12.0.